The maximum atomic E-state index is 11.6. The molecule has 8 heteroatoms. The number of imide groups is 1. The Labute approximate surface area is 128 Å². The molecule has 1 unspecified atom stereocenters. The van der Waals surface area contributed by atoms with Crippen LogP contribution in [0.5, 0.6) is 0 Å². The molecular weight excluding hydrogens is 290 g/mol. The summed E-state index contributed by atoms with van der Waals surface area (Å²) in [5.74, 6) is -1.43. The second kappa shape index (κ2) is 8.93. The lowest BCUT2D eigenvalue weighted by molar-refractivity contribution is -0.137. The third kappa shape index (κ3) is 6.49. The number of carbonyl (C=O) groups excluding carboxylic acids is 4. The summed E-state index contributed by atoms with van der Waals surface area (Å²) >= 11 is 0. The van der Waals surface area contributed by atoms with Gasteiger partial charge in [-0.25, -0.2) is 0 Å². The van der Waals surface area contributed by atoms with Crippen LogP contribution in [0.3, 0.4) is 0 Å². The molecular formula is C14H21N3O5. The van der Waals surface area contributed by atoms with Crippen molar-refractivity contribution in [3.63, 3.8) is 0 Å². The fourth-order valence-electron chi connectivity index (χ4n) is 1.83. The van der Waals surface area contributed by atoms with E-state index in [1.165, 1.54) is 12.2 Å². The van der Waals surface area contributed by atoms with Crippen molar-refractivity contribution in [2.75, 3.05) is 19.7 Å². The monoisotopic (exact) mass is 311 g/mol. The van der Waals surface area contributed by atoms with Gasteiger partial charge in [-0.3, -0.25) is 24.1 Å². The van der Waals surface area contributed by atoms with Gasteiger partial charge in [0.2, 0.25) is 11.8 Å². The molecule has 122 valence electrons. The van der Waals surface area contributed by atoms with Crippen LogP contribution in [0.2, 0.25) is 0 Å². The average molecular weight is 311 g/mol. The summed E-state index contributed by atoms with van der Waals surface area (Å²) in [6, 6.07) is 0. The van der Waals surface area contributed by atoms with E-state index in [0.29, 0.717) is 19.6 Å². The summed E-state index contributed by atoms with van der Waals surface area (Å²) in [5, 5.41) is 2.63. The first kappa shape index (κ1) is 17.8. The first-order valence-corrected chi connectivity index (χ1v) is 7.10. The molecule has 0 aromatic rings. The summed E-state index contributed by atoms with van der Waals surface area (Å²) in [6.45, 7) is 2.52. The zero-order valence-corrected chi connectivity index (χ0v) is 12.5. The molecule has 1 rings (SSSR count). The van der Waals surface area contributed by atoms with Gasteiger partial charge >= 0.3 is 0 Å². The fraction of sp³-hybridized carbons (Fsp3) is 0.571. The molecule has 1 aliphatic heterocycles. The molecule has 0 saturated heterocycles. The average Bonchev–Trinajstić information content (AvgIpc) is 2.78. The molecule has 0 radical (unpaired) electrons. The molecule has 0 fully saturated rings. The van der Waals surface area contributed by atoms with E-state index < -0.39 is 11.8 Å². The Morgan fingerprint density at radius 1 is 1.27 bits per heavy atom. The SMILES string of the molecule is CC(CCC(N)=O)OCCNC(=O)CCN1C(=O)C=CC1=O. The number of nitrogens with one attached hydrogen (secondary N) is 1. The van der Waals surface area contributed by atoms with E-state index in [1.54, 1.807) is 0 Å². The van der Waals surface area contributed by atoms with E-state index in [4.69, 9.17) is 10.5 Å². The maximum absolute atomic E-state index is 11.6. The quantitative estimate of drug-likeness (QED) is 0.400. The van der Waals surface area contributed by atoms with Crippen molar-refractivity contribution in [1.29, 1.82) is 0 Å². The van der Waals surface area contributed by atoms with Gasteiger partial charge in [0, 0.05) is 38.1 Å². The number of carbonyl (C=O) groups is 4. The van der Waals surface area contributed by atoms with Gasteiger partial charge < -0.3 is 15.8 Å². The largest absolute Gasteiger partial charge is 0.377 e. The Kier molecular flexibility index (Phi) is 7.24. The summed E-state index contributed by atoms with van der Waals surface area (Å²) in [7, 11) is 0. The smallest absolute Gasteiger partial charge is 0.253 e. The van der Waals surface area contributed by atoms with Crippen LogP contribution < -0.4 is 11.1 Å². The zero-order valence-electron chi connectivity index (χ0n) is 12.5. The highest BCUT2D eigenvalue weighted by Gasteiger charge is 2.23. The second-order valence-electron chi connectivity index (χ2n) is 4.95. The molecule has 0 aliphatic carbocycles. The van der Waals surface area contributed by atoms with Crippen molar-refractivity contribution >= 4 is 23.6 Å². The molecule has 3 N–H and O–H groups in total. The Bertz CT molecular complexity index is 457. The third-order valence-corrected chi connectivity index (χ3v) is 3.09. The molecule has 0 bridgehead atoms. The first-order valence-electron chi connectivity index (χ1n) is 7.10. The van der Waals surface area contributed by atoms with Gasteiger partial charge in [-0.05, 0) is 13.3 Å². The van der Waals surface area contributed by atoms with E-state index in [1.807, 2.05) is 6.92 Å². The highest BCUT2D eigenvalue weighted by molar-refractivity contribution is 6.13. The van der Waals surface area contributed by atoms with Crippen LogP contribution in [0, 0.1) is 0 Å². The van der Waals surface area contributed by atoms with Gasteiger partial charge in [-0.2, -0.15) is 0 Å². The Hall–Kier alpha value is -2.22. The number of ether oxygens (including phenoxy) is 1. The zero-order chi connectivity index (χ0) is 16.5. The third-order valence-electron chi connectivity index (χ3n) is 3.09. The molecule has 1 heterocycles. The van der Waals surface area contributed by atoms with Crippen molar-refractivity contribution < 1.29 is 23.9 Å². The number of nitrogens with two attached hydrogens (primary N) is 1. The molecule has 0 aromatic heterocycles. The molecule has 8 nitrogen and oxygen atoms in total. The standard InChI is InChI=1S/C14H21N3O5/c1-10(2-3-11(15)18)22-9-7-16-12(19)6-8-17-13(20)4-5-14(17)21/h4-5,10H,2-3,6-9H2,1H3,(H2,15,18)(H,16,19). The number of rotatable bonds is 10. The minimum atomic E-state index is -0.399. The van der Waals surface area contributed by atoms with Crippen molar-refractivity contribution in [2.45, 2.75) is 32.3 Å². The van der Waals surface area contributed by atoms with Crippen LogP contribution in [-0.2, 0) is 23.9 Å². The van der Waals surface area contributed by atoms with Gasteiger partial charge in [0.05, 0.1) is 12.7 Å². The van der Waals surface area contributed by atoms with E-state index in [0.717, 1.165) is 4.90 Å². The number of amides is 4. The maximum Gasteiger partial charge on any atom is 0.253 e. The minimum Gasteiger partial charge on any atom is -0.377 e. The van der Waals surface area contributed by atoms with E-state index in [2.05, 4.69) is 5.32 Å². The Morgan fingerprint density at radius 2 is 1.91 bits per heavy atom. The van der Waals surface area contributed by atoms with Crippen LogP contribution >= 0.6 is 0 Å². The minimum absolute atomic E-state index is 0.0520. The van der Waals surface area contributed by atoms with E-state index in [9.17, 15) is 19.2 Å². The number of hydrogen-bond acceptors (Lipinski definition) is 5. The predicted octanol–water partition coefficient (Wildman–Crippen LogP) is -0.912. The van der Waals surface area contributed by atoms with Gasteiger partial charge in [0.15, 0.2) is 0 Å². The summed E-state index contributed by atoms with van der Waals surface area (Å²) in [4.78, 5) is 45.7. The van der Waals surface area contributed by atoms with E-state index in [-0.39, 0.29) is 37.3 Å². The molecule has 0 aromatic carbocycles. The molecule has 22 heavy (non-hydrogen) atoms. The lowest BCUT2D eigenvalue weighted by Gasteiger charge is -2.14. The van der Waals surface area contributed by atoms with Gasteiger partial charge in [-0.15, -0.1) is 0 Å². The lowest BCUT2D eigenvalue weighted by atomic mass is 10.2. The molecule has 1 aliphatic rings. The molecule has 4 amide bonds. The second-order valence-corrected chi connectivity index (χ2v) is 4.95. The van der Waals surface area contributed by atoms with Crippen molar-refractivity contribution in [3.05, 3.63) is 12.2 Å². The Balaban J connectivity index is 2.07. The summed E-state index contributed by atoms with van der Waals surface area (Å²) in [5.41, 5.74) is 5.03. The van der Waals surface area contributed by atoms with Crippen LogP contribution in [0.4, 0.5) is 0 Å². The summed E-state index contributed by atoms with van der Waals surface area (Å²) < 4.78 is 5.40. The number of hydrogen-bond donors (Lipinski definition) is 2. The van der Waals surface area contributed by atoms with Gasteiger partial charge in [-0.1, -0.05) is 0 Å². The van der Waals surface area contributed by atoms with Crippen molar-refractivity contribution in [1.82, 2.24) is 10.2 Å². The van der Waals surface area contributed by atoms with Crippen molar-refractivity contribution in [2.24, 2.45) is 5.73 Å². The van der Waals surface area contributed by atoms with Crippen molar-refractivity contribution in [3.8, 4) is 0 Å². The molecule has 0 spiro atoms. The van der Waals surface area contributed by atoms with Crippen LogP contribution in [0.1, 0.15) is 26.2 Å². The predicted molar refractivity (Wildman–Crippen MR) is 77.3 cm³/mol. The van der Waals surface area contributed by atoms with Crippen LogP contribution in [-0.4, -0.2) is 54.3 Å². The highest BCUT2D eigenvalue weighted by Crippen LogP contribution is 2.04. The summed E-state index contributed by atoms with van der Waals surface area (Å²) in [6.07, 6.45) is 3.10. The van der Waals surface area contributed by atoms with Gasteiger partial charge in [0.1, 0.15) is 0 Å². The topological polar surface area (TPSA) is 119 Å². The number of nitrogens with zero attached hydrogens (tertiary/aromatic N) is 1. The van der Waals surface area contributed by atoms with E-state index >= 15 is 0 Å². The number of primary amides is 1. The van der Waals surface area contributed by atoms with Gasteiger partial charge in [0.25, 0.3) is 11.8 Å². The molecule has 1 atom stereocenters. The van der Waals surface area contributed by atoms with Crippen LogP contribution in [0.15, 0.2) is 12.2 Å². The molecule has 0 saturated carbocycles. The first-order chi connectivity index (χ1) is 10.4. The Morgan fingerprint density at radius 3 is 2.50 bits per heavy atom. The highest BCUT2D eigenvalue weighted by atomic mass is 16.5. The lowest BCUT2D eigenvalue weighted by Crippen LogP contribution is -2.35. The normalized spacial score (nSPS) is 15.2. The fourth-order valence-corrected chi connectivity index (χ4v) is 1.83. The van der Waals surface area contributed by atoms with Crippen LogP contribution in [0.25, 0.3) is 0 Å².